The first-order valence-corrected chi connectivity index (χ1v) is 7.46. The highest BCUT2D eigenvalue weighted by Crippen LogP contribution is 2.24. The van der Waals surface area contributed by atoms with E-state index in [9.17, 15) is 14.0 Å². The average molecular weight is 318 g/mol. The van der Waals surface area contributed by atoms with E-state index in [1.54, 1.807) is 43.3 Å². The van der Waals surface area contributed by atoms with E-state index in [-0.39, 0.29) is 17.0 Å². The lowest BCUT2D eigenvalue weighted by Gasteiger charge is -2.12. The van der Waals surface area contributed by atoms with E-state index >= 15 is 0 Å². The summed E-state index contributed by atoms with van der Waals surface area (Å²) in [5.74, 6) is -1.00. The molecular weight excluding hydrogens is 303 g/mol. The van der Waals surface area contributed by atoms with Crippen molar-refractivity contribution in [1.82, 2.24) is 0 Å². The number of nitrogens with two attached hydrogens (primary N) is 1. The summed E-state index contributed by atoms with van der Waals surface area (Å²) in [6.07, 6.45) is 0. The summed E-state index contributed by atoms with van der Waals surface area (Å²) in [6, 6.07) is 12.3. The number of hydrogen-bond donors (Lipinski definition) is 2. The van der Waals surface area contributed by atoms with Gasteiger partial charge in [0.15, 0.2) is 0 Å². The van der Waals surface area contributed by atoms with Gasteiger partial charge in [0.05, 0.1) is 5.25 Å². The van der Waals surface area contributed by atoms with Gasteiger partial charge >= 0.3 is 0 Å². The standard InChI is InChI=1S/C16H15FN2O2S/c1-10(22-14-8-4-12(17)5-9-14)16(21)19-13-6-2-11(3-7-13)15(18)20/h2-10H,1H3,(H2,18,20)(H,19,21). The van der Waals surface area contributed by atoms with Crippen LogP contribution in [0, 0.1) is 5.82 Å². The zero-order valence-corrected chi connectivity index (χ0v) is 12.7. The second-order valence-electron chi connectivity index (χ2n) is 4.64. The Morgan fingerprint density at radius 2 is 1.68 bits per heavy atom. The first-order valence-electron chi connectivity index (χ1n) is 6.58. The van der Waals surface area contributed by atoms with Crippen LogP contribution >= 0.6 is 11.8 Å². The molecule has 3 N–H and O–H groups in total. The lowest BCUT2D eigenvalue weighted by Crippen LogP contribution is -2.22. The van der Waals surface area contributed by atoms with Crippen molar-refractivity contribution in [1.29, 1.82) is 0 Å². The molecule has 0 radical (unpaired) electrons. The Morgan fingerprint density at radius 1 is 1.09 bits per heavy atom. The van der Waals surface area contributed by atoms with Crippen molar-refractivity contribution in [2.75, 3.05) is 5.32 Å². The van der Waals surface area contributed by atoms with Gasteiger partial charge in [-0.05, 0) is 55.5 Å². The molecule has 1 atom stereocenters. The van der Waals surface area contributed by atoms with Crippen LogP contribution in [0.1, 0.15) is 17.3 Å². The second kappa shape index (κ2) is 7.09. The van der Waals surface area contributed by atoms with Crippen LogP contribution in [0.4, 0.5) is 10.1 Å². The number of carbonyl (C=O) groups excluding carboxylic acids is 2. The smallest absolute Gasteiger partial charge is 0.248 e. The fourth-order valence-corrected chi connectivity index (χ4v) is 2.60. The van der Waals surface area contributed by atoms with Gasteiger partial charge in [0.25, 0.3) is 0 Å². The molecule has 2 amide bonds. The lowest BCUT2D eigenvalue weighted by atomic mass is 10.2. The van der Waals surface area contributed by atoms with Crippen LogP contribution in [0.15, 0.2) is 53.4 Å². The van der Waals surface area contributed by atoms with Gasteiger partial charge in [-0.1, -0.05) is 0 Å². The molecule has 0 spiro atoms. The highest BCUT2D eigenvalue weighted by Gasteiger charge is 2.14. The summed E-state index contributed by atoms with van der Waals surface area (Å²) in [5.41, 5.74) is 6.12. The summed E-state index contributed by atoms with van der Waals surface area (Å²) in [6.45, 7) is 1.77. The SMILES string of the molecule is CC(Sc1ccc(F)cc1)C(=O)Nc1ccc(C(N)=O)cc1. The van der Waals surface area contributed by atoms with Crippen LogP contribution in [0.2, 0.25) is 0 Å². The summed E-state index contributed by atoms with van der Waals surface area (Å²) in [5, 5.41) is 2.41. The number of anilines is 1. The van der Waals surface area contributed by atoms with Crippen LogP contribution < -0.4 is 11.1 Å². The van der Waals surface area contributed by atoms with E-state index < -0.39 is 5.91 Å². The minimum absolute atomic E-state index is 0.179. The Labute approximate surface area is 131 Å². The first-order chi connectivity index (χ1) is 10.5. The molecule has 0 saturated carbocycles. The molecule has 1 unspecified atom stereocenters. The van der Waals surface area contributed by atoms with E-state index in [4.69, 9.17) is 5.73 Å². The van der Waals surface area contributed by atoms with Crippen LogP contribution in [0.25, 0.3) is 0 Å². The summed E-state index contributed by atoms with van der Waals surface area (Å²) >= 11 is 1.33. The Hall–Kier alpha value is -2.34. The lowest BCUT2D eigenvalue weighted by molar-refractivity contribution is -0.115. The van der Waals surface area contributed by atoms with Crippen molar-refractivity contribution in [3.05, 3.63) is 59.9 Å². The van der Waals surface area contributed by atoms with Crippen molar-refractivity contribution >= 4 is 29.3 Å². The van der Waals surface area contributed by atoms with Gasteiger partial charge in [0.2, 0.25) is 11.8 Å². The monoisotopic (exact) mass is 318 g/mol. The van der Waals surface area contributed by atoms with E-state index in [1.165, 1.54) is 23.9 Å². The molecule has 0 saturated heterocycles. The fraction of sp³-hybridized carbons (Fsp3) is 0.125. The van der Waals surface area contributed by atoms with E-state index in [1.807, 2.05) is 0 Å². The quantitative estimate of drug-likeness (QED) is 0.832. The van der Waals surface area contributed by atoms with Gasteiger partial charge in [-0.25, -0.2) is 4.39 Å². The van der Waals surface area contributed by atoms with Crippen molar-refractivity contribution < 1.29 is 14.0 Å². The minimum Gasteiger partial charge on any atom is -0.366 e. The maximum absolute atomic E-state index is 12.8. The topological polar surface area (TPSA) is 72.2 Å². The van der Waals surface area contributed by atoms with Crippen LogP contribution in [-0.4, -0.2) is 17.1 Å². The number of carbonyl (C=O) groups is 2. The van der Waals surface area contributed by atoms with Gasteiger partial charge in [0, 0.05) is 16.1 Å². The maximum Gasteiger partial charge on any atom is 0.248 e. The molecule has 4 nitrogen and oxygen atoms in total. The van der Waals surface area contributed by atoms with E-state index in [2.05, 4.69) is 5.32 Å². The maximum atomic E-state index is 12.8. The number of nitrogens with one attached hydrogen (secondary N) is 1. The number of halogens is 1. The number of hydrogen-bond acceptors (Lipinski definition) is 3. The highest BCUT2D eigenvalue weighted by molar-refractivity contribution is 8.00. The Bertz CT molecular complexity index is 672. The summed E-state index contributed by atoms with van der Waals surface area (Å²) in [7, 11) is 0. The predicted molar refractivity (Wildman–Crippen MR) is 85.3 cm³/mol. The minimum atomic E-state index is -0.516. The second-order valence-corrected chi connectivity index (χ2v) is 6.06. The number of amides is 2. The molecule has 0 bridgehead atoms. The number of thioether (sulfide) groups is 1. The van der Waals surface area contributed by atoms with Crippen molar-refractivity contribution in [3.8, 4) is 0 Å². The Kier molecular flexibility index (Phi) is 5.16. The van der Waals surface area contributed by atoms with Gasteiger partial charge in [-0.3, -0.25) is 9.59 Å². The van der Waals surface area contributed by atoms with Crippen LogP contribution in [0.5, 0.6) is 0 Å². The van der Waals surface area contributed by atoms with Gasteiger partial charge in [0.1, 0.15) is 5.82 Å². The predicted octanol–water partition coefficient (Wildman–Crippen LogP) is 3.04. The highest BCUT2D eigenvalue weighted by atomic mass is 32.2. The van der Waals surface area contributed by atoms with Gasteiger partial charge in [-0.15, -0.1) is 11.8 Å². The molecule has 0 aliphatic carbocycles. The Balaban J connectivity index is 1.95. The third-order valence-corrected chi connectivity index (χ3v) is 4.04. The zero-order chi connectivity index (χ0) is 16.1. The van der Waals surface area contributed by atoms with E-state index in [0.717, 1.165) is 4.90 Å². The van der Waals surface area contributed by atoms with E-state index in [0.29, 0.717) is 11.3 Å². The van der Waals surface area contributed by atoms with Crippen molar-refractivity contribution in [2.45, 2.75) is 17.1 Å². The van der Waals surface area contributed by atoms with Gasteiger partial charge < -0.3 is 11.1 Å². The molecule has 2 aromatic carbocycles. The molecular formula is C16H15FN2O2S. The molecule has 0 aliphatic rings. The van der Waals surface area contributed by atoms with Crippen LogP contribution in [-0.2, 0) is 4.79 Å². The fourth-order valence-electron chi connectivity index (χ4n) is 1.73. The molecule has 0 heterocycles. The number of benzene rings is 2. The molecule has 114 valence electrons. The summed E-state index contributed by atoms with van der Waals surface area (Å²) < 4.78 is 12.8. The first kappa shape index (κ1) is 16.0. The van der Waals surface area contributed by atoms with Crippen LogP contribution in [0.3, 0.4) is 0 Å². The largest absolute Gasteiger partial charge is 0.366 e. The third kappa shape index (κ3) is 4.33. The third-order valence-electron chi connectivity index (χ3n) is 2.93. The normalized spacial score (nSPS) is 11.7. The van der Waals surface area contributed by atoms with Gasteiger partial charge in [-0.2, -0.15) is 0 Å². The van der Waals surface area contributed by atoms with Crippen molar-refractivity contribution in [3.63, 3.8) is 0 Å². The zero-order valence-electron chi connectivity index (χ0n) is 11.9. The molecule has 2 rings (SSSR count). The number of primary amides is 1. The Morgan fingerprint density at radius 3 is 2.23 bits per heavy atom. The molecule has 0 aliphatic heterocycles. The average Bonchev–Trinajstić information content (AvgIpc) is 2.50. The molecule has 6 heteroatoms. The molecule has 0 aromatic heterocycles. The summed E-state index contributed by atoms with van der Waals surface area (Å²) in [4.78, 5) is 23.9. The van der Waals surface area contributed by atoms with Crippen molar-refractivity contribution in [2.24, 2.45) is 5.73 Å². The number of rotatable bonds is 5. The molecule has 2 aromatic rings. The molecule has 22 heavy (non-hydrogen) atoms. The molecule has 0 fully saturated rings.